The van der Waals surface area contributed by atoms with Crippen LogP contribution in [0.2, 0.25) is 0 Å². The van der Waals surface area contributed by atoms with Crippen LogP contribution in [-0.2, 0) is 0 Å². The van der Waals surface area contributed by atoms with Gasteiger partial charge in [-0.25, -0.2) is 0 Å². The quantitative estimate of drug-likeness (QED) is 0.538. The van der Waals surface area contributed by atoms with Crippen molar-refractivity contribution in [3.05, 3.63) is 23.8 Å². The minimum Gasteiger partial charge on any atom is -0.504 e. The highest BCUT2D eigenvalue weighted by Crippen LogP contribution is 2.27. The van der Waals surface area contributed by atoms with Crippen LogP contribution < -0.4 is 5.32 Å². The first-order valence-corrected chi connectivity index (χ1v) is 4.49. The van der Waals surface area contributed by atoms with Crippen molar-refractivity contribution in [2.24, 2.45) is 0 Å². The molecule has 0 saturated carbocycles. The third kappa shape index (κ3) is 2.60. The molecule has 0 heterocycles. The fourth-order valence-corrected chi connectivity index (χ4v) is 1.06. The first-order valence-electron chi connectivity index (χ1n) is 4.49. The van der Waals surface area contributed by atoms with Crippen molar-refractivity contribution >= 4 is 5.91 Å². The van der Waals surface area contributed by atoms with Gasteiger partial charge in [-0.15, -0.1) is 0 Å². The number of carbonyl (C=O) groups is 1. The zero-order valence-electron chi connectivity index (χ0n) is 8.27. The number of aromatic hydroxyl groups is 2. The zero-order valence-corrected chi connectivity index (χ0v) is 8.27. The Morgan fingerprint density at radius 1 is 1.47 bits per heavy atom. The number of phenolic OH excluding ortho intramolecular Hbond substituents is 2. The number of carbonyl (C=O) groups excluding carboxylic acids is 1. The van der Waals surface area contributed by atoms with E-state index in [1.807, 2.05) is 0 Å². The molecule has 0 bridgehead atoms. The van der Waals surface area contributed by atoms with Gasteiger partial charge in [0.25, 0.3) is 5.91 Å². The lowest BCUT2D eigenvalue weighted by molar-refractivity contribution is 0.0919. The van der Waals surface area contributed by atoms with Crippen molar-refractivity contribution in [1.82, 2.24) is 5.32 Å². The zero-order chi connectivity index (χ0) is 11.4. The standard InChI is InChI=1S/C10H13NO4/c1-6(5-12)11-10(15)7-3-2-4-8(13)9(7)14/h2-4,6,12-14H,5H2,1H3,(H,11,15). The summed E-state index contributed by atoms with van der Waals surface area (Å²) in [4.78, 5) is 11.5. The highest BCUT2D eigenvalue weighted by atomic mass is 16.3. The van der Waals surface area contributed by atoms with Crippen molar-refractivity contribution in [3.63, 3.8) is 0 Å². The van der Waals surface area contributed by atoms with Gasteiger partial charge in [0.1, 0.15) is 0 Å². The average Bonchev–Trinajstić information content (AvgIpc) is 2.21. The predicted octanol–water partition coefficient (Wildman–Crippen LogP) is 0.208. The maximum atomic E-state index is 11.5. The normalized spacial score (nSPS) is 12.1. The molecule has 1 atom stereocenters. The monoisotopic (exact) mass is 211 g/mol. The van der Waals surface area contributed by atoms with Gasteiger partial charge in [-0.2, -0.15) is 0 Å². The lowest BCUT2D eigenvalue weighted by Gasteiger charge is -2.11. The molecule has 1 aromatic rings. The van der Waals surface area contributed by atoms with E-state index in [0.717, 1.165) is 0 Å². The Kier molecular flexibility index (Phi) is 3.51. The smallest absolute Gasteiger partial charge is 0.255 e. The Balaban J connectivity index is 2.87. The molecule has 1 aromatic carbocycles. The van der Waals surface area contributed by atoms with Crippen LogP contribution in [0.4, 0.5) is 0 Å². The average molecular weight is 211 g/mol. The van der Waals surface area contributed by atoms with Gasteiger partial charge in [-0.1, -0.05) is 6.07 Å². The number of para-hydroxylation sites is 1. The molecule has 0 aliphatic carbocycles. The fraction of sp³-hybridized carbons (Fsp3) is 0.300. The summed E-state index contributed by atoms with van der Waals surface area (Å²) in [6.45, 7) is 1.43. The first kappa shape index (κ1) is 11.3. The van der Waals surface area contributed by atoms with Crippen molar-refractivity contribution in [2.75, 3.05) is 6.61 Å². The maximum Gasteiger partial charge on any atom is 0.255 e. The summed E-state index contributed by atoms with van der Waals surface area (Å²) in [7, 11) is 0. The van der Waals surface area contributed by atoms with Gasteiger partial charge in [0.2, 0.25) is 0 Å². The SMILES string of the molecule is CC(CO)NC(=O)c1cccc(O)c1O. The minimum absolute atomic E-state index is 0.0182. The van der Waals surface area contributed by atoms with E-state index in [0.29, 0.717) is 0 Å². The Labute approximate surface area is 87.0 Å². The van der Waals surface area contributed by atoms with Gasteiger partial charge in [0, 0.05) is 6.04 Å². The topological polar surface area (TPSA) is 89.8 Å². The van der Waals surface area contributed by atoms with Gasteiger partial charge in [-0.05, 0) is 19.1 Å². The van der Waals surface area contributed by atoms with Gasteiger partial charge in [-0.3, -0.25) is 4.79 Å². The second kappa shape index (κ2) is 4.65. The number of nitrogens with one attached hydrogen (secondary N) is 1. The van der Waals surface area contributed by atoms with Crippen LogP contribution in [0.15, 0.2) is 18.2 Å². The predicted molar refractivity (Wildman–Crippen MR) is 53.8 cm³/mol. The number of hydrogen-bond donors (Lipinski definition) is 4. The number of amides is 1. The molecule has 82 valence electrons. The summed E-state index contributed by atoms with van der Waals surface area (Å²) in [6.07, 6.45) is 0. The summed E-state index contributed by atoms with van der Waals surface area (Å²) in [5.41, 5.74) is -0.0182. The number of rotatable bonds is 3. The molecule has 1 unspecified atom stereocenters. The van der Waals surface area contributed by atoms with Crippen molar-refractivity contribution < 1.29 is 20.1 Å². The molecule has 0 spiro atoms. The van der Waals surface area contributed by atoms with Gasteiger partial charge in [0.05, 0.1) is 12.2 Å². The lowest BCUT2D eigenvalue weighted by atomic mass is 10.1. The lowest BCUT2D eigenvalue weighted by Crippen LogP contribution is -2.34. The number of phenols is 2. The minimum atomic E-state index is -0.537. The molecular formula is C10H13NO4. The van der Waals surface area contributed by atoms with Crippen LogP contribution in [0.3, 0.4) is 0 Å². The summed E-state index contributed by atoms with van der Waals surface area (Å²) in [5, 5.41) is 29.7. The third-order valence-electron chi connectivity index (χ3n) is 1.91. The molecule has 5 heteroatoms. The molecule has 4 N–H and O–H groups in total. The third-order valence-corrected chi connectivity index (χ3v) is 1.91. The van der Waals surface area contributed by atoms with Crippen LogP contribution >= 0.6 is 0 Å². The van der Waals surface area contributed by atoms with Crippen molar-refractivity contribution in [1.29, 1.82) is 0 Å². The largest absolute Gasteiger partial charge is 0.504 e. The van der Waals surface area contributed by atoms with Gasteiger partial charge < -0.3 is 20.6 Å². The van der Waals surface area contributed by atoms with Crippen molar-refractivity contribution in [3.8, 4) is 11.5 Å². The Morgan fingerprint density at radius 2 is 2.13 bits per heavy atom. The Morgan fingerprint density at radius 3 is 2.73 bits per heavy atom. The molecule has 0 fully saturated rings. The maximum absolute atomic E-state index is 11.5. The molecule has 0 aliphatic rings. The molecular weight excluding hydrogens is 198 g/mol. The molecule has 0 radical (unpaired) electrons. The van der Waals surface area contributed by atoms with E-state index < -0.39 is 17.7 Å². The van der Waals surface area contributed by atoms with E-state index in [4.69, 9.17) is 10.2 Å². The van der Waals surface area contributed by atoms with Crippen LogP contribution in [0.1, 0.15) is 17.3 Å². The molecule has 0 aromatic heterocycles. The van der Waals surface area contributed by atoms with Crippen molar-refractivity contribution in [2.45, 2.75) is 13.0 Å². The van der Waals surface area contributed by atoms with Crippen LogP contribution in [0, 0.1) is 0 Å². The highest BCUT2D eigenvalue weighted by molar-refractivity contribution is 5.97. The number of aliphatic hydroxyl groups is 1. The van der Waals surface area contributed by atoms with Gasteiger partial charge in [0.15, 0.2) is 11.5 Å². The molecule has 15 heavy (non-hydrogen) atoms. The second-order valence-corrected chi connectivity index (χ2v) is 3.23. The first-order chi connectivity index (χ1) is 7.06. The molecule has 1 rings (SSSR count). The summed E-state index contributed by atoms with van der Waals surface area (Å²) < 4.78 is 0. The molecule has 0 saturated heterocycles. The number of aliphatic hydroxyl groups excluding tert-OH is 1. The fourth-order valence-electron chi connectivity index (χ4n) is 1.06. The highest BCUT2D eigenvalue weighted by Gasteiger charge is 2.15. The van der Waals surface area contributed by atoms with E-state index in [2.05, 4.69) is 5.32 Å². The van der Waals surface area contributed by atoms with Crippen LogP contribution in [0.25, 0.3) is 0 Å². The second-order valence-electron chi connectivity index (χ2n) is 3.23. The number of benzene rings is 1. The van der Waals surface area contributed by atoms with E-state index in [1.165, 1.54) is 18.2 Å². The van der Waals surface area contributed by atoms with E-state index >= 15 is 0 Å². The summed E-state index contributed by atoms with van der Waals surface area (Å²) >= 11 is 0. The number of hydrogen-bond acceptors (Lipinski definition) is 4. The molecule has 5 nitrogen and oxygen atoms in total. The van der Waals surface area contributed by atoms with Crippen LogP contribution in [-0.4, -0.2) is 33.9 Å². The molecule has 0 aliphatic heterocycles. The van der Waals surface area contributed by atoms with Crippen LogP contribution in [0.5, 0.6) is 11.5 Å². The Hall–Kier alpha value is -1.75. The summed E-state index contributed by atoms with van der Waals surface area (Å²) in [6, 6.07) is 3.71. The van der Waals surface area contributed by atoms with E-state index in [1.54, 1.807) is 6.92 Å². The Bertz CT molecular complexity index is 364. The van der Waals surface area contributed by atoms with E-state index in [9.17, 15) is 9.90 Å². The summed E-state index contributed by atoms with van der Waals surface area (Å²) in [5.74, 6) is -1.34. The molecule has 1 amide bonds. The van der Waals surface area contributed by atoms with Gasteiger partial charge >= 0.3 is 0 Å². The van der Waals surface area contributed by atoms with E-state index in [-0.39, 0.29) is 17.9 Å².